The minimum Gasteiger partial charge on any atom is -0.345 e. The summed E-state index contributed by atoms with van der Waals surface area (Å²) in [5.41, 5.74) is 0. The molecule has 64 valence electrons. The van der Waals surface area contributed by atoms with Crippen LogP contribution in [0.15, 0.2) is 24.5 Å². The van der Waals surface area contributed by atoms with Gasteiger partial charge in [0.15, 0.2) is 0 Å². The molecule has 0 saturated carbocycles. The van der Waals surface area contributed by atoms with Crippen molar-refractivity contribution in [3.63, 3.8) is 0 Å². The molecule has 0 aromatic carbocycles. The fraction of sp³-hybridized carbons (Fsp3) is 0.444. The lowest BCUT2D eigenvalue weighted by Gasteiger charge is -2.30. The molecule has 0 N–H and O–H groups in total. The zero-order chi connectivity index (χ0) is 8.39. The maximum Gasteiger partial charge on any atom is 0.242 e. The highest BCUT2D eigenvalue weighted by molar-refractivity contribution is 5.76. The Kier molecular flexibility index (Phi) is 1.86. The number of hydrogen-bond donors (Lipinski definition) is 0. The predicted molar refractivity (Wildman–Crippen MR) is 45.6 cm³/mol. The first kappa shape index (κ1) is 7.40. The lowest BCUT2D eigenvalue weighted by molar-refractivity contribution is -0.135. The smallest absolute Gasteiger partial charge is 0.242 e. The molecule has 0 bridgehead atoms. The highest BCUT2D eigenvalue weighted by Gasteiger charge is 2.19. The van der Waals surface area contributed by atoms with Crippen molar-refractivity contribution in [2.75, 3.05) is 13.1 Å². The predicted octanol–water partition coefficient (Wildman–Crippen LogP) is 0.720. The van der Waals surface area contributed by atoms with Gasteiger partial charge in [-0.05, 0) is 18.6 Å². The molecule has 1 aromatic rings. The number of likely N-dealkylation sites (tertiary alicyclic amines) is 1. The van der Waals surface area contributed by atoms with Crippen molar-refractivity contribution in [1.82, 2.24) is 9.47 Å². The molecule has 1 fully saturated rings. The molecular weight excluding hydrogens is 152 g/mol. The first-order chi connectivity index (χ1) is 5.86. The van der Waals surface area contributed by atoms with E-state index in [2.05, 4.69) is 0 Å². The fourth-order valence-corrected chi connectivity index (χ4v) is 1.30. The Balaban J connectivity index is 1.90. The molecule has 0 aliphatic carbocycles. The average Bonchev–Trinajstić information content (AvgIpc) is 2.34. The third-order valence-corrected chi connectivity index (χ3v) is 2.19. The van der Waals surface area contributed by atoms with Gasteiger partial charge in [-0.15, -0.1) is 0 Å². The van der Waals surface area contributed by atoms with Crippen molar-refractivity contribution in [1.29, 1.82) is 0 Å². The van der Waals surface area contributed by atoms with Gasteiger partial charge in [-0.3, -0.25) is 4.79 Å². The quantitative estimate of drug-likeness (QED) is 0.632. The maximum absolute atomic E-state index is 11.4. The van der Waals surface area contributed by atoms with Crippen LogP contribution in [0.25, 0.3) is 0 Å². The Hall–Kier alpha value is -1.25. The standard InChI is InChI=1S/C9H12N2O/c12-9(11-6-3-7-11)8-10-4-1-2-5-10/h1-2,4-5H,3,6-8H2. The maximum atomic E-state index is 11.4. The van der Waals surface area contributed by atoms with Gasteiger partial charge in [0.1, 0.15) is 6.54 Å². The van der Waals surface area contributed by atoms with E-state index in [9.17, 15) is 4.79 Å². The largest absolute Gasteiger partial charge is 0.345 e. The number of carbonyl (C=O) groups is 1. The molecule has 12 heavy (non-hydrogen) atoms. The van der Waals surface area contributed by atoms with E-state index >= 15 is 0 Å². The van der Waals surface area contributed by atoms with Gasteiger partial charge in [0, 0.05) is 25.5 Å². The molecular formula is C9H12N2O. The van der Waals surface area contributed by atoms with Crippen molar-refractivity contribution >= 4 is 5.91 Å². The van der Waals surface area contributed by atoms with Crippen LogP contribution in [0.3, 0.4) is 0 Å². The van der Waals surface area contributed by atoms with Gasteiger partial charge in [-0.1, -0.05) is 0 Å². The first-order valence-corrected chi connectivity index (χ1v) is 4.25. The number of rotatable bonds is 2. The Bertz CT molecular complexity index is 262. The summed E-state index contributed by atoms with van der Waals surface area (Å²) in [4.78, 5) is 13.3. The minimum absolute atomic E-state index is 0.234. The number of amides is 1. The molecule has 1 amide bonds. The van der Waals surface area contributed by atoms with Crippen LogP contribution < -0.4 is 0 Å². The first-order valence-electron chi connectivity index (χ1n) is 4.25. The zero-order valence-electron chi connectivity index (χ0n) is 6.94. The lowest BCUT2D eigenvalue weighted by Crippen LogP contribution is -2.43. The van der Waals surface area contributed by atoms with Crippen molar-refractivity contribution < 1.29 is 4.79 Å². The summed E-state index contributed by atoms with van der Waals surface area (Å²) >= 11 is 0. The van der Waals surface area contributed by atoms with Crippen LogP contribution in [0.1, 0.15) is 6.42 Å². The highest BCUT2D eigenvalue weighted by Crippen LogP contribution is 2.06. The van der Waals surface area contributed by atoms with E-state index in [4.69, 9.17) is 0 Å². The number of nitrogens with zero attached hydrogens (tertiary/aromatic N) is 2. The molecule has 0 atom stereocenters. The average molecular weight is 164 g/mol. The molecule has 2 heterocycles. The normalized spacial score (nSPS) is 15.8. The van der Waals surface area contributed by atoms with Crippen molar-refractivity contribution in [3.05, 3.63) is 24.5 Å². The summed E-state index contributed by atoms with van der Waals surface area (Å²) in [6.45, 7) is 2.38. The van der Waals surface area contributed by atoms with Crippen LogP contribution in [0.2, 0.25) is 0 Å². The second-order valence-corrected chi connectivity index (χ2v) is 3.09. The van der Waals surface area contributed by atoms with E-state index in [1.807, 2.05) is 34.0 Å². The van der Waals surface area contributed by atoms with Crippen LogP contribution in [0, 0.1) is 0 Å². The van der Waals surface area contributed by atoms with Crippen LogP contribution >= 0.6 is 0 Å². The Morgan fingerprint density at radius 2 is 1.92 bits per heavy atom. The fourth-order valence-electron chi connectivity index (χ4n) is 1.30. The third-order valence-electron chi connectivity index (χ3n) is 2.19. The molecule has 0 unspecified atom stereocenters. The number of aromatic nitrogens is 1. The summed E-state index contributed by atoms with van der Waals surface area (Å²) in [7, 11) is 0. The molecule has 1 aliphatic rings. The molecule has 2 rings (SSSR count). The van der Waals surface area contributed by atoms with Crippen LogP contribution in [0.4, 0.5) is 0 Å². The van der Waals surface area contributed by atoms with Gasteiger partial charge >= 0.3 is 0 Å². The summed E-state index contributed by atoms with van der Waals surface area (Å²) in [5.74, 6) is 0.234. The summed E-state index contributed by atoms with van der Waals surface area (Å²) in [6.07, 6.45) is 4.99. The van der Waals surface area contributed by atoms with Crippen molar-refractivity contribution in [2.45, 2.75) is 13.0 Å². The molecule has 3 heteroatoms. The monoisotopic (exact) mass is 164 g/mol. The van der Waals surface area contributed by atoms with Gasteiger partial charge < -0.3 is 9.47 Å². The van der Waals surface area contributed by atoms with Crippen LogP contribution in [-0.4, -0.2) is 28.5 Å². The SMILES string of the molecule is O=C(Cn1cccc1)N1CCC1. The van der Waals surface area contributed by atoms with E-state index in [0.717, 1.165) is 19.5 Å². The van der Waals surface area contributed by atoms with E-state index < -0.39 is 0 Å². The van der Waals surface area contributed by atoms with Gasteiger partial charge in [0.2, 0.25) is 5.91 Å². The Morgan fingerprint density at radius 3 is 2.42 bits per heavy atom. The molecule has 1 aliphatic heterocycles. The number of carbonyl (C=O) groups excluding carboxylic acids is 1. The van der Waals surface area contributed by atoms with Gasteiger partial charge in [0.25, 0.3) is 0 Å². The topological polar surface area (TPSA) is 25.2 Å². The van der Waals surface area contributed by atoms with E-state index in [1.54, 1.807) is 0 Å². The van der Waals surface area contributed by atoms with E-state index in [0.29, 0.717) is 6.54 Å². The second kappa shape index (κ2) is 3.01. The third kappa shape index (κ3) is 1.35. The summed E-state index contributed by atoms with van der Waals surface area (Å²) in [6, 6.07) is 3.87. The second-order valence-electron chi connectivity index (χ2n) is 3.09. The Labute approximate surface area is 71.6 Å². The molecule has 3 nitrogen and oxygen atoms in total. The van der Waals surface area contributed by atoms with Gasteiger partial charge in [0.05, 0.1) is 0 Å². The molecule has 1 saturated heterocycles. The lowest BCUT2D eigenvalue weighted by atomic mass is 10.2. The van der Waals surface area contributed by atoms with E-state index in [-0.39, 0.29) is 5.91 Å². The summed E-state index contributed by atoms with van der Waals surface area (Å²) in [5, 5.41) is 0. The van der Waals surface area contributed by atoms with Crippen molar-refractivity contribution in [3.8, 4) is 0 Å². The van der Waals surface area contributed by atoms with Gasteiger partial charge in [-0.2, -0.15) is 0 Å². The highest BCUT2D eigenvalue weighted by atomic mass is 16.2. The van der Waals surface area contributed by atoms with E-state index in [1.165, 1.54) is 0 Å². The minimum atomic E-state index is 0.234. The summed E-state index contributed by atoms with van der Waals surface area (Å²) < 4.78 is 1.90. The molecule has 0 radical (unpaired) electrons. The molecule has 1 aromatic heterocycles. The Morgan fingerprint density at radius 1 is 1.25 bits per heavy atom. The van der Waals surface area contributed by atoms with Crippen LogP contribution in [0.5, 0.6) is 0 Å². The van der Waals surface area contributed by atoms with Gasteiger partial charge in [-0.25, -0.2) is 0 Å². The zero-order valence-corrected chi connectivity index (χ0v) is 6.94. The van der Waals surface area contributed by atoms with Crippen LogP contribution in [-0.2, 0) is 11.3 Å². The molecule has 0 spiro atoms. The number of hydrogen-bond acceptors (Lipinski definition) is 1. The van der Waals surface area contributed by atoms with Crippen molar-refractivity contribution in [2.24, 2.45) is 0 Å².